The number of phenolic OH excluding ortho intramolecular Hbond substituents is 1. The Labute approximate surface area is 136 Å². The molecule has 0 aliphatic rings. The minimum atomic E-state index is -0.629. The maximum atomic E-state index is 13.3. The molecule has 0 atom stereocenters. The van der Waals surface area contributed by atoms with Crippen LogP contribution < -0.4 is 10.6 Å². The van der Waals surface area contributed by atoms with E-state index in [-0.39, 0.29) is 5.75 Å². The highest BCUT2D eigenvalue weighted by molar-refractivity contribution is 5.79. The number of hydrogen-bond acceptors (Lipinski definition) is 2. The van der Waals surface area contributed by atoms with Gasteiger partial charge in [-0.3, -0.25) is 0 Å². The first-order valence-corrected chi connectivity index (χ1v) is 7.64. The monoisotopic (exact) mass is 315 g/mol. The smallest absolute Gasteiger partial charge is 0.191 e. The summed E-state index contributed by atoms with van der Waals surface area (Å²) in [4.78, 5) is 4.45. The van der Waals surface area contributed by atoms with Crippen molar-refractivity contribution in [1.29, 1.82) is 0 Å². The average Bonchev–Trinajstić information content (AvgIpc) is 2.54. The Bertz CT molecular complexity index is 686. The Morgan fingerprint density at radius 2 is 1.96 bits per heavy atom. The van der Waals surface area contributed by atoms with E-state index >= 15 is 0 Å². The maximum Gasteiger partial charge on any atom is 0.191 e. The predicted molar refractivity (Wildman–Crippen MR) is 90.9 cm³/mol. The molecule has 0 aliphatic carbocycles. The molecule has 0 bridgehead atoms. The Kier molecular flexibility index (Phi) is 5.97. The number of phenols is 1. The van der Waals surface area contributed by atoms with E-state index in [1.54, 1.807) is 6.07 Å². The van der Waals surface area contributed by atoms with Gasteiger partial charge in [0.05, 0.1) is 6.54 Å². The molecule has 0 fully saturated rings. The summed E-state index contributed by atoms with van der Waals surface area (Å²) in [6, 6.07) is 12.5. The summed E-state index contributed by atoms with van der Waals surface area (Å²) in [5.41, 5.74) is 3.12. The van der Waals surface area contributed by atoms with E-state index in [4.69, 9.17) is 0 Å². The van der Waals surface area contributed by atoms with Crippen LogP contribution in [0.15, 0.2) is 47.5 Å². The number of guanidine groups is 1. The van der Waals surface area contributed by atoms with Crippen LogP contribution in [-0.2, 0) is 13.1 Å². The molecule has 122 valence electrons. The summed E-state index contributed by atoms with van der Waals surface area (Å²) in [7, 11) is 0. The zero-order valence-corrected chi connectivity index (χ0v) is 13.4. The van der Waals surface area contributed by atoms with Crippen molar-refractivity contribution >= 4 is 5.96 Å². The molecule has 0 spiro atoms. The summed E-state index contributed by atoms with van der Waals surface area (Å²) >= 11 is 0. The van der Waals surface area contributed by atoms with Gasteiger partial charge in [0.15, 0.2) is 17.5 Å². The van der Waals surface area contributed by atoms with Crippen LogP contribution in [0.5, 0.6) is 5.75 Å². The SMILES string of the molecule is CCNC(=NCc1ccc(O)c(F)c1)NCc1ccccc1C. The Hall–Kier alpha value is -2.56. The number of benzene rings is 2. The summed E-state index contributed by atoms with van der Waals surface area (Å²) in [6.45, 7) is 5.80. The fraction of sp³-hybridized carbons (Fsp3) is 0.278. The maximum absolute atomic E-state index is 13.3. The highest BCUT2D eigenvalue weighted by Gasteiger charge is 2.03. The molecule has 0 aromatic heterocycles. The molecule has 2 rings (SSSR count). The van der Waals surface area contributed by atoms with Crippen LogP contribution in [-0.4, -0.2) is 17.6 Å². The first-order valence-electron chi connectivity index (χ1n) is 7.64. The van der Waals surface area contributed by atoms with Gasteiger partial charge in [0.25, 0.3) is 0 Å². The quantitative estimate of drug-likeness (QED) is 0.587. The van der Waals surface area contributed by atoms with Crippen LogP contribution in [0.1, 0.15) is 23.6 Å². The second-order valence-electron chi connectivity index (χ2n) is 5.26. The van der Waals surface area contributed by atoms with E-state index in [9.17, 15) is 9.50 Å². The number of rotatable bonds is 5. The lowest BCUT2D eigenvalue weighted by Gasteiger charge is -2.12. The van der Waals surface area contributed by atoms with Crippen molar-refractivity contribution in [3.63, 3.8) is 0 Å². The van der Waals surface area contributed by atoms with Gasteiger partial charge < -0.3 is 15.7 Å². The third-order valence-corrected chi connectivity index (χ3v) is 3.48. The first kappa shape index (κ1) is 16.8. The van der Waals surface area contributed by atoms with Crippen LogP contribution in [0.4, 0.5) is 4.39 Å². The Morgan fingerprint density at radius 1 is 1.17 bits per heavy atom. The summed E-state index contributed by atoms with van der Waals surface area (Å²) in [6.07, 6.45) is 0. The molecular formula is C18H22FN3O. The topological polar surface area (TPSA) is 56.7 Å². The zero-order chi connectivity index (χ0) is 16.7. The number of aryl methyl sites for hydroxylation is 1. The van der Waals surface area contributed by atoms with Crippen LogP contribution in [0.3, 0.4) is 0 Å². The normalized spacial score (nSPS) is 11.3. The van der Waals surface area contributed by atoms with Crippen molar-refractivity contribution in [2.75, 3.05) is 6.54 Å². The van der Waals surface area contributed by atoms with Gasteiger partial charge in [-0.2, -0.15) is 0 Å². The van der Waals surface area contributed by atoms with Crippen molar-refractivity contribution in [3.05, 3.63) is 65.0 Å². The fourth-order valence-electron chi connectivity index (χ4n) is 2.15. The van der Waals surface area contributed by atoms with Crippen LogP contribution in [0, 0.1) is 12.7 Å². The second-order valence-corrected chi connectivity index (χ2v) is 5.26. The molecule has 0 aliphatic heterocycles. The minimum absolute atomic E-state index is 0.334. The molecule has 0 saturated carbocycles. The molecule has 0 unspecified atom stereocenters. The molecule has 2 aromatic rings. The van der Waals surface area contributed by atoms with Gasteiger partial charge >= 0.3 is 0 Å². The number of hydrogen-bond donors (Lipinski definition) is 3. The molecule has 0 saturated heterocycles. The molecule has 0 amide bonds. The largest absolute Gasteiger partial charge is 0.505 e. The predicted octanol–water partition coefficient (Wildman–Crippen LogP) is 3.10. The number of nitrogens with one attached hydrogen (secondary N) is 2. The van der Waals surface area contributed by atoms with Crippen molar-refractivity contribution in [2.24, 2.45) is 4.99 Å². The van der Waals surface area contributed by atoms with E-state index < -0.39 is 5.82 Å². The third kappa shape index (κ3) is 4.98. The van der Waals surface area contributed by atoms with Crippen molar-refractivity contribution < 1.29 is 9.50 Å². The highest BCUT2D eigenvalue weighted by atomic mass is 19.1. The van der Waals surface area contributed by atoms with Crippen molar-refractivity contribution in [2.45, 2.75) is 26.9 Å². The molecule has 0 radical (unpaired) electrons. The number of aromatic hydroxyl groups is 1. The third-order valence-electron chi connectivity index (χ3n) is 3.48. The van der Waals surface area contributed by atoms with Gasteiger partial charge in [0.1, 0.15) is 0 Å². The lowest BCUT2D eigenvalue weighted by molar-refractivity contribution is 0.432. The average molecular weight is 315 g/mol. The van der Waals surface area contributed by atoms with E-state index in [0.29, 0.717) is 24.6 Å². The summed E-state index contributed by atoms with van der Waals surface area (Å²) < 4.78 is 13.3. The van der Waals surface area contributed by atoms with Gasteiger partial charge in [0, 0.05) is 13.1 Å². The molecule has 3 N–H and O–H groups in total. The second kappa shape index (κ2) is 8.17. The molecule has 23 heavy (non-hydrogen) atoms. The lowest BCUT2D eigenvalue weighted by Crippen LogP contribution is -2.36. The number of nitrogens with zero attached hydrogens (tertiary/aromatic N) is 1. The number of halogens is 1. The van der Waals surface area contributed by atoms with E-state index in [1.807, 2.05) is 19.1 Å². The summed E-state index contributed by atoms with van der Waals surface area (Å²) in [5, 5.41) is 15.6. The van der Waals surface area contributed by atoms with Crippen molar-refractivity contribution in [1.82, 2.24) is 10.6 Å². The highest BCUT2D eigenvalue weighted by Crippen LogP contribution is 2.16. The van der Waals surface area contributed by atoms with Crippen LogP contribution >= 0.6 is 0 Å². The van der Waals surface area contributed by atoms with Gasteiger partial charge in [-0.1, -0.05) is 30.3 Å². The van der Waals surface area contributed by atoms with Gasteiger partial charge in [-0.05, 0) is 42.7 Å². The minimum Gasteiger partial charge on any atom is -0.505 e. The summed E-state index contributed by atoms with van der Waals surface area (Å²) in [5.74, 6) is -0.304. The van der Waals surface area contributed by atoms with Gasteiger partial charge in [-0.15, -0.1) is 0 Å². The lowest BCUT2D eigenvalue weighted by atomic mass is 10.1. The van der Waals surface area contributed by atoms with Crippen LogP contribution in [0.2, 0.25) is 0 Å². The molecule has 0 heterocycles. The standard InChI is InChI=1S/C18H22FN3O/c1-3-20-18(22-12-15-7-5-4-6-13(15)2)21-11-14-8-9-17(23)16(19)10-14/h4-10,23H,3,11-12H2,1-2H3,(H2,20,21,22). The van der Waals surface area contributed by atoms with E-state index in [0.717, 1.165) is 6.54 Å². The molecule has 2 aromatic carbocycles. The fourth-order valence-corrected chi connectivity index (χ4v) is 2.15. The van der Waals surface area contributed by atoms with E-state index in [2.05, 4.69) is 34.7 Å². The Balaban J connectivity index is 2.02. The Morgan fingerprint density at radius 3 is 2.65 bits per heavy atom. The van der Waals surface area contributed by atoms with Gasteiger partial charge in [-0.25, -0.2) is 9.38 Å². The first-order chi connectivity index (χ1) is 11.1. The molecular weight excluding hydrogens is 293 g/mol. The van der Waals surface area contributed by atoms with Crippen LogP contribution in [0.25, 0.3) is 0 Å². The molecule has 5 heteroatoms. The van der Waals surface area contributed by atoms with E-state index in [1.165, 1.54) is 23.3 Å². The van der Waals surface area contributed by atoms with Crippen molar-refractivity contribution in [3.8, 4) is 5.75 Å². The number of aliphatic imine (C=N–C) groups is 1. The zero-order valence-electron chi connectivity index (χ0n) is 13.4. The van der Waals surface area contributed by atoms with Gasteiger partial charge in [0.2, 0.25) is 0 Å². The molecule has 4 nitrogen and oxygen atoms in total.